The molecule has 0 atom stereocenters. The van der Waals surface area contributed by atoms with Crippen LogP contribution in [0.1, 0.15) is 32.0 Å². The van der Waals surface area contributed by atoms with Crippen LogP contribution >= 0.6 is 0 Å². The van der Waals surface area contributed by atoms with Gasteiger partial charge in [-0.2, -0.15) is 10.4 Å². The molecule has 1 aromatic heterocycles. The molecule has 3 rings (SSSR count). The molecule has 0 aliphatic rings. The minimum atomic E-state index is -1.62. The summed E-state index contributed by atoms with van der Waals surface area (Å²) in [6, 6.07) is 10.9. The second kappa shape index (κ2) is 7.91. The van der Waals surface area contributed by atoms with Crippen molar-refractivity contribution in [1.82, 2.24) is 9.78 Å². The number of amides is 2. The summed E-state index contributed by atoms with van der Waals surface area (Å²) in [5.41, 5.74) is 1.03. The summed E-state index contributed by atoms with van der Waals surface area (Å²) >= 11 is 0. The van der Waals surface area contributed by atoms with Gasteiger partial charge >= 0.3 is 6.03 Å². The number of urea groups is 1. The molecule has 0 spiro atoms. The molecule has 2 N–H and O–H groups in total. The number of hydrogen-bond donors (Lipinski definition) is 2. The average molecular weight is 413 g/mol. The van der Waals surface area contributed by atoms with Crippen LogP contribution < -0.4 is 10.6 Å². The molecular weight excluding hydrogens is 395 g/mol. The van der Waals surface area contributed by atoms with Crippen molar-refractivity contribution in [3.8, 4) is 11.8 Å². The Morgan fingerprint density at radius 3 is 2.33 bits per heavy atom. The lowest BCUT2D eigenvalue weighted by Gasteiger charge is -2.14. The maximum Gasteiger partial charge on any atom is 0.324 e. The quantitative estimate of drug-likeness (QED) is 0.586. The van der Waals surface area contributed by atoms with E-state index in [9.17, 15) is 18.0 Å². The second-order valence-corrected chi connectivity index (χ2v) is 7.57. The van der Waals surface area contributed by atoms with Crippen LogP contribution in [0.15, 0.2) is 42.5 Å². The van der Waals surface area contributed by atoms with Crippen molar-refractivity contribution >= 4 is 17.5 Å². The number of nitriles is 1. The van der Waals surface area contributed by atoms with Crippen LogP contribution in [0.4, 0.5) is 29.5 Å². The Kier molecular flexibility index (Phi) is 5.52. The first-order valence-corrected chi connectivity index (χ1v) is 8.92. The Hall–Kier alpha value is -3.80. The number of aromatic nitrogens is 2. The zero-order chi connectivity index (χ0) is 22.1. The van der Waals surface area contributed by atoms with Crippen LogP contribution in [-0.4, -0.2) is 15.8 Å². The van der Waals surface area contributed by atoms with E-state index in [4.69, 9.17) is 5.26 Å². The molecule has 30 heavy (non-hydrogen) atoms. The standard InChI is InChI=1S/C21H18F3N5O/c1-21(2,3)17-10-18(29(28-17)14-6-4-5-12(7-14)11-25)27-20(30)26-13-8-15(22)19(24)16(23)9-13/h4-10H,1-3H3,(H2,26,27,30). The molecule has 0 radical (unpaired) electrons. The molecule has 2 amide bonds. The van der Waals surface area contributed by atoms with Gasteiger partial charge in [0, 0.05) is 29.3 Å². The summed E-state index contributed by atoms with van der Waals surface area (Å²) in [6.45, 7) is 5.83. The normalized spacial score (nSPS) is 11.1. The second-order valence-electron chi connectivity index (χ2n) is 7.57. The molecule has 3 aromatic rings. The van der Waals surface area contributed by atoms with E-state index >= 15 is 0 Å². The third kappa shape index (κ3) is 4.43. The molecule has 9 heteroatoms. The van der Waals surface area contributed by atoms with E-state index in [1.54, 1.807) is 30.3 Å². The fourth-order valence-electron chi connectivity index (χ4n) is 2.65. The highest BCUT2D eigenvalue weighted by atomic mass is 19.2. The predicted molar refractivity (Wildman–Crippen MR) is 106 cm³/mol. The van der Waals surface area contributed by atoms with Gasteiger partial charge in [0.25, 0.3) is 0 Å². The fraction of sp³-hybridized carbons (Fsp3) is 0.190. The van der Waals surface area contributed by atoms with E-state index in [0.717, 1.165) is 0 Å². The van der Waals surface area contributed by atoms with Gasteiger partial charge < -0.3 is 5.32 Å². The van der Waals surface area contributed by atoms with Gasteiger partial charge in [-0.1, -0.05) is 26.8 Å². The van der Waals surface area contributed by atoms with Crippen molar-refractivity contribution in [3.63, 3.8) is 0 Å². The van der Waals surface area contributed by atoms with Gasteiger partial charge in [-0.15, -0.1) is 0 Å². The maximum atomic E-state index is 13.4. The van der Waals surface area contributed by atoms with Crippen LogP contribution in [-0.2, 0) is 5.41 Å². The van der Waals surface area contributed by atoms with Crippen LogP contribution in [0.5, 0.6) is 0 Å². The van der Waals surface area contributed by atoms with Gasteiger partial charge in [0.2, 0.25) is 0 Å². The summed E-state index contributed by atoms with van der Waals surface area (Å²) in [6.07, 6.45) is 0. The zero-order valence-electron chi connectivity index (χ0n) is 16.4. The van der Waals surface area contributed by atoms with E-state index in [-0.39, 0.29) is 16.9 Å². The maximum absolute atomic E-state index is 13.4. The van der Waals surface area contributed by atoms with E-state index in [1.807, 2.05) is 26.8 Å². The Morgan fingerprint density at radius 2 is 1.73 bits per heavy atom. The average Bonchev–Trinajstić information content (AvgIpc) is 3.10. The Labute approximate surface area is 170 Å². The zero-order valence-corrected chi connectivity index (χ0v) is 16.4. The van der Waals surface area contributed by atoms with E-state index in [2.05, 4.69) is 15.7 Å². The van der Waals surface area contributed by atoms with Crippen molar-refractivity contribution in [2.45, 2.75) is 26.2 Å². The third-order valence-electron chi connectivity index (χ3n) is 4.18. The Morgan fingerprint density at radius 1 is 1.07 bits per heavy atom. The summed E-state index contributed by atoms with van der Waals surface area (Å²) in [4.78, 5) is 12.4. The first-order valence-electron chi connectivity index (χ1n) is 8.92. The molecule has 0 saturated heterocycles. The van der Waals surface area contributed by atoms with Crippen LogP contribution in [0.2, 0.25) is 0 Å². The minimum absolute atomic E-state index is 0.252. The molecule has 0 aliphatic carbocycles. The minimum Gasteiger partial charge on any atom is -0.307 e. The molecule has 0 aliphatic heterocycles. The number of anilines is 2. The van der Waals surface area contributed by atoms with E-state index in [0.29, 0.717) is 29.1 Å². The largest absolute Gasteiger partial charge is 0.324 e. The number of carbonyl (C=O) groups is 1. The SMILES string of the molecule is CC(C)(C)c1cc(NC(=O)Nc2cc(F)c(F)c(F)c2)n(-c2cccc(C#N)c2)n1. The number of carbonyl (C=O) groups excluding carboxylic acids is 1. The molecule has 2 aromatic carbocycles. The highest BCUT2D eigenvalue weighted by Crippen LogP contribution is 2.27. The molecule has 6 nitrogen and oxygen atoms in total. The lowest BCUT2D eigenvalue weighted by Crippen LogP contribution is -2.21. The van der Waals surface area contributed by atoms with Gasteiger partial charge in [-0.25, -0.2) is 22.6 Å². The highest BCUT2D eigenvalue weighted by Gasteiger charge is 2.22. The summed E-state index contributed by atoms with van der Waals surface area (Å²) < 4.78 is 41.3. The van der Waals surface area contributed by atoms with Crippen LogP contribution in [0, 0.1) is 28.8 Å². The first-order chi connectivity index (χ1) is 14.1. The summed E-state index contributed by atoms with van der Waals surface area (Å²) in [5, 5.41) is 18.5. The van der Waals surface area contributed by atoms with Crippen LogP contribution in [0.3, 0.4) is 0 Å². The van der Waals surface area contributed by atoms with Gasteiger partial charge in [0.15, 0.2) is 17.5 Å². The molecule has 1 heterocycles. The summed E-state index contributed by atoms with van der Waals surface area (Å²) in [7, 11) is 0. The number of rotatable bonds is 3. The molecule has 0 fully saturated rings. The molecule has 0 saturated carbocycles. The number of nitrogens with one attached hydrogen (secondary N) is 2. The van der Waals surface area contributed by atoms with Gasteiger partial charge in [-0.3, -0.25) is 5.32 Å². The molecule has 0 bridgehead atoms. The van der Waals surface area contributed by atoms with E-state index < -0.39 is 23.5 Å². The topological polar surface area (TPSA) is 82.7 Å². The Bertz CT molecular complexity index is 1140. The number of benzene rings is 2. The lowest BCUT2D eigenvalue weighted by molar-refractivity contribution is 0.262. The first kappa shape index (κ1) is 20.9. The molecule has 0 unspecified atom stereocenters. The van der Waals surface area contributed by atoms with Crippen molar-refractivity contribution in [2.24, 2.45) is 0 Å². The predicted octanol–water partition coefficient (Wildman–Crippen LogP) is 5.10. The van der Waals surface area contributed by atoms with Gasteiger partial charge in [-0.05, 0) is 18.2 Å². The van der Waals surface area contributed by atoms with E-state index in [1.165, 1.54) is 4.68 Å². The van der Waals surface area contributed by atoms with Gasteiger partial charge in [0.1, 0.15) is 5.82 Å². The van der Waals surface area contributed by atoms with Crippen molar-refractivity contribution in [1.29, 1.82) is 5.26 Å². The number of halogens is 3. The van der Waals surface area contributed by atoms with Gasteiger partial charge in [0.05, 0.1) is 23.0 Å². The van der Waals surface area contributed by atoms with Crippen LogP contribution in [0.25, 0.3) is 5.69 Å². The number of hydrogen-bond acceptors (Lipinski definition) is 3. The summed E-state index contributed by atoms with van der Waals surface area (Å²) in [5.74, 6) is -4.18. The van der Waals surface area contributed by atoms with Crippen molar-refractivity contribution < 1.29 is 18.0 Å². The Balaban J connectivity index is 1.93. The lowest BCUT2D eigenvalue weighted by atomic mass is 9.92. The highest BCUT2D eigenvalue weighted by molar-refractivity contribution is 5.99. The molecular formula is C21H18F3N5O. The monoisotopic (exact) mass is 413 g/mol. The van der Waals surface area contributed by atoms with Crippen molar-refractivity contribution in [3.05, 3.63) is 71.2 Å². The fourth-order valence-corrected chi connectivity index (χ4v) is 2.65. The number of nitrogens with zero attached hydrogens (tertiary/aromatic N) is 3. The third-order valence-corrected chi connectivity index (χ3v) is 4.18. The van der Waals surface area contributed by atoms with Crippen molar-refractivity contribution in [2.75, 3.05) is 10.6 Å². The molecule has 154 valence electrons. The smallest absolute Gasteiger partial charge is 0.307 e.